The van der Waals surface area contributed by atoms with Gasteiger partial charge in [-0.15, -0.1) is 0 Å². The van der Waals surface area contributed by atoms with Gasteiger partial charge in [0.2, 0.25) is 0 Å². The van der Waals surface area contributed by atoms with E-state index in [-0.39, 0.29) is 6.03 Å². The molecule has 0 aliphatic carbocycles. The first kappa shape index (κ1) is 14.1. The molecule has 0 bridgehead atoms. The number of benzene rings is 2. The van der Waals surface area contributed by atoms with E-state index in [9.17, 15) is 9.90 Å². The molecule has 0 saturated heterocycles. The molecule has 0 unspecified atom stereocenters. The summed E-state index contributed by atoms with van der Waals surface area (Å²) in [6.45, 7) is 3.68. The zero-order chi connectivity index (χ0) is 14.5. The van der Waals surface area contributed by atoms with Gasteiger partial charge in [-0.3, -0.25) is 0 Å². The van der Waals surface area contributed by atoms with Gasteiger partial charge in [-0.05, 0) is 43.7 Å². The molecule has 1 atom stereocenters. The molecule has 104 valence electrons. The van der Waals surface area contributed by atoms with Crippen molar-refractivity contribution in [2.75, 3.05) is 10.6 Å². The molecule has 2 aromatic rings. The number of urea groups is 1. The van der Waals surface area contributed by atoms with E-state index in [4.69, 9.17) is 0 Å². The van der Waals surface area contributed by atoms with E-state index >= 15 is 0 Å². The molecule has 0 spiro atoms. The quantitative estimate of drug-likeness (QED) is 0.796. The van der Waals surface area contributed by atoms with Crippen LogP contribution in [0, 0.1) is 6.92 Å². The molecule has 4 nitrogen and oxygen atoms in total. The predicted octanol–water partition coefficient (Wildman–Crippen LogP) is 3.69. The maximum absolute atomic E-state index is 11.9. The summed E-state index contributed by atoms with van der Waals surface area (Å²) in [5.74, 6) is 0. The van der Waals surface area contributed by atoms with Gasteiger partial charge in [-0.2, -0.15) is 0 Å². The highest BCUT2D eigenvalue weighted by Gasteiger charge is 2.05. The van der Waals surface area contributed by atoms with Crippen LogP contribution in [0.25, 0.3) is 0 Å². The maximum Gasteiger partial charge on any atom is 0.323 e. The molecule has 3 N–H and O–H groups in total. The molecule has 2 aromatic carbocycles. The van der Waals surface area contributed by atoms with Crippen LogP contribution in [0.2, 0.25) is 0 Å². The smallest absolute Gasteiger partial charge is 0.323 e. The molecule has 0 aliphatic heterocycles. The van der Waals surface area contributed by atoms with Gasteiger partial charge < -0.3 is 15.7 Å². The van der Waals surface area contributed by atoms with Gasteiger partial charge in [-0.25, -0.2) is 4.79 Å². The van der Waals surface area contributed by atoms with Crippen LogP contribution in [-0.4, -0.2) is 11.1 Å². The van der Waals surface area contributed by atoms with Crippen molar-refractivity contribution in [2.45, 2.75) is 20.0 Å². The van der Waals surface area contributed by atoms with Crippen LogP contribution in [0.4, 0.5) is 16.2 Å². The van der Waals surface area contributed by atoms with Crippen LogP contribution in [0.15, 0.2) is 48.5 Å². The van der Waals surface area contributed by atoms with Crippen LogP contribution in [-0.2, 0) is 0 Å². The fourth-order valence-corrected chi connectivity index (χ4v) is 1.81. The fourth-order valence-electron chi connectivity index (χ4n) is 1.81. The lowest BCUT2D eigenvalue weighted by Gasteiger charge is -2.10. The van der Waals surface area contributed by atoms with Crippen LogP contribution in [0.5, 0.6) is 0 Å². The van der Waals surface area contributed by atoms with Crippen molar-refractivity contribution in [1.29, 1.82) is 0 Å². The number of rotatable bonds is 3. The van der Waals surface area contributed by atoms with Gasteiger partial charge in [0, 0.05) is 11.4 Å². The Hall–Kier alpha value is -2.33. The lowest BCUT2D eigenvalue weighted by atomic mass is 10.1. The minimum absolute atomic E-state index is 0.309. The first-order chi connectivity index (χ1) is 9.54. The van der Waals surface area contributed by atoms with Crippen LogP contribution >= 0.6 is 0 Å². The Labute approximate surface area is 118 Å². The molecule has 0 saturated carbocycles. The number of aliphatic hydroxyl groups excluding tert-OH is 1. The zero-order valence-electron chi connectivity index (χ0n) is 11.6. The number of carbonyl (C=O) groups excluding carboxylic acids is 1. The molecule has 2 rings (SSSR count). The summed E-state index contributed by atoms with van der Waals surface area (Å²) in [5, 5.41) is 15.0. The van der Waals surface area contributed by atoms with Crippen molar-refractivity contribution in [3.05, 3.63) is 59.7 Å². The highest BCUT2D eigenvalue weighted by Crippen LogP contribution is 2.17. The molecule has 0 heterocycles. The van der Waals surface area contributed by atoms with Crippen molar-refractivity contribution in [1.82, 2.24) is 0 Å². The van der Waals surface area contributed by atoms with E-state index < -0.39 is 6.10 Å². The molecule has 0 aromatic heterocycles. The summed E-state index contributed by atoms with van der Waals surface area (Å²) < 4.78 is 0. The van der Waals surface area contributed by atoms with E-state index in [2.05, 4.69) is 10.6 Å². The topological polar surface area (TPSA) is 61.4 Å². The van der Waals surface area contributed by atoms with Crippen molar-refractivity contribution in [3.8, 4) is 0 Å². The van der Waals surface area contributed by atoms with Gasteiger partial charge in [0.1, 0.15) is 0 Å². The molecule has 4 heteroatoms. The summed E-state index contributed by atoms with van der Waals surface area (Å²) in [4.78, 5) is 11.9. The lowest BCUT2D eigenvalue weighted by molar-refractivity contribution is 0.199. The van der Waals surface area contributed by atoms with Gasteiger partial charge in [0.25, 0.3) is 0 Å². The number of carbonyl (C=O) groups is 1. The maximum atomic E-state index is 11.9. The Balaban J connectivity index is 2.01. The highest BCUT2D eigenvalue weighted by atomic mass is 16.3. The zero-order valence-corrected chi connectivity index (χ0v) is 11.6. The van der Waals surface area contributed by atoms with Gasteiger partial charge in [0.15, 0.2) is 0 Å². The largest absolute Gasteiger partial charge is 0.389 e. The average molecular weight is 270 g/mol. The summed E-state index contributed by atoms with van der Waals surface area (Å²) in [5.41, 5.74) is 3.28. The SMILES string of the molecule is Cc1ccc(NC(=O)Nc2cccc([C@H](C)O)c2)cc1. The van der Waals surface area contributed by atoms with Gasteiger partial charge in [-0.1, -0.05) is 29.8 Å². The summed E-state index contributed by atoms with van der Waals surface area (Å²) in [6, 6.07) is 14.4. The van der Waals surface area contributed by atoms with E-state index in [0.29, 0.717) is 5.69 Å². The van der Waals surface area contributed by atoms with E-state index in [1.54, 1.807) is 25.1 Å². The Morgan fingerprint density at radius 3 is 2.35 bits per heavy atom. The molecule has 0 fully saturated rings. The number of nitrogens with one attached hydrogen (secondary N) is 2. The molecule has 20 heavy (non-hydrogen) atoms. The Morgan fingerprint density at radius 2 is 1.70 bits per heavy atom. The average Bonchev–Trinajstić information content (AvgIpc) is 2.41. The van der Waals surface area contributed by atoms with E-state index in [0.717, 1.165) is 16.8 Å². The Kier molecular flexibility index (Phi) is 4.38. The van der Waals surface area contributed by atoms with Crippen LogP contribution in [0.1, 0.15) is 24.2 Å². The molecular weight excluding hydrogens is 252 g/mol. The van der Waals surface area contributed by atoms with Gasteiger partial charge in [0.05, 0.1) is 6.10 Å². The number of hydrogen-bond acceptors (Lipinski definition) is 2. The third-order valence-electron chi connectivity index (χ3n) is 2.94. The summed E-state index contributed by atoms with van der Waals surface area (Å²) in [6.07, 6.45) is -0.558. The first-order valence-corrected chi connectivity index (χ1v) is 6.47. The van der Waals surface area contributed by atoms with Crippen molar-refractivity contribution < 1.29 is 9.90 Å². The second-order valence-electron chi connectivity index (χ2n) is 4.75. The lowest BCUT2D eigenvalue weighted by Crippen LogP contribution is -2.19. The molecule has 0 radical (unpaired) electrons. The second kappa shape index (κ2) is 6.21. The second-order valence-corrected chi connectivity index (χ2v) is 4.75. The first-order valence-electron chi connectivity index (χ1n) is 6.47. The van der Waals surface area contributed by atoms with Crippen molar-refractivity contribution in [3.63, 3.8) is 0 Å². The molecule has 0 aliphatic rings. The van der Waals surface area contributed by atoms with Crippen LogP contribution in [0.3, 0.4) is 0 Å². The minimum Gasteiger partial charge on any atom is -0.389 e. The Morgan fingerprint density at radius 1 is 1.05 bits per heavy atom. The third-order valence-corrected chi connectivity index (χ3v) is 2.94. The standard InChI is InChI=1S/C16H18N2O2/c1-11-6-8-14(9-7-11)17-16(20)18-15-5-3-4-13(10-15)12(2)19/h3-10,12,19H,1-2H3,(H2,17,18,20)/t12-/m0/s1. The fraction of sp³-hybridized carbons (Fsp3) is 0.188. The Bertz CT molecular complexity index is 592. The van der Waals surface area contributed by atoms with E-state index in [1.807, 2.05) is 37.3 Å². The highest BCUT2D eigenvalue weighted by molar-refractivity contribution is 5.99. The molecular formula is C16H18N2O2. The van der Waals surface area contributed by atoms with Crippen molar-refractivity contribution in [2.24, 2.45) is 0 Å². The summed E-state index contributed by atoms with van der Waals surface area (Å²) in [7, 11) is 0. The number of anilines is 2. The normalized spacial score (nSPS) is 11.8. The van der Waals surface area contributed by atoms with Gasteiger partial charge >= 0.3 is 6.03 Å². The summed E-state index contributed by atoms with van der Waals surface area (Å²) >= 11 is 0. The number of hydrogen-bond donors (Lipinski definition) is 3. The van der Waals surface area contributed by atoms with Crippen LogP contribution < -0.4 is 10.6 Å². The van der Waals surface area contributed by atoms with E-state index in [1.165, 1.54) is 0 Å². The third kappa shape index (κ3) is 3.83. The number of aliphatic hydroxyl groups is 1. The number of aryl methyl sites for hydroxylation is 1. The predicted molar refractivity (Wildman–Crippen MR) is 80.9 cm³/mol. The monoisotopic (exact) mass is 270 g/mol. The number of amides is 2. The van der Waals surface area contributed by atoms with Crippen molar-refractivity contribution >= 4 is 17.4 Å². The molecule has 2 amide bonds. The minimum atomic E-state index is -0.558.